The maximum atomic E-state index is 12.8. The van der Waals surface area contributed by atoms with E-state index in [1.54, 1.807) is 0 Å². The van der Waals surface area contributed by atoms with Crippen molar-refractivity contribution in [3.8, 4) is 5.75 Å². The van der Waals surface area contributed by atoms with Gasteiger partial charge in [0.15, 0.2) is 0 Å². The van der Waals surface area contributed by atoms with Crippen molar-refractivity contribution in [2.24, 2.45) is 11.3 Å². The molecule has 0 radical (unpaired) electrons. The van der Waals surface area contributed by atoms with Crippen molar-refractivity contribution < 1.29 is 19.0 Å². The number of ether oxygens (including phenoxy) is 1. The quantitative estimate of drug-likeness (QED) is 0.733. The molecule has 1 aliphatic heterocycles. The Morgan fingerprint density at radius 3 is 2.78 bits per heavy atom. The number of nitrogens with one attached hydrogen (secondary N) is 2. The highest BCUT2D eigenvalue weighted by Crippen LogP contribution is 2.58. The molecule has 1 saturated heterocycles. The van der Waals surface area contributed by atoms with E-state index in [1.165, 1.54) is 24.3 Å². The molecular formula is C17H23FN2O3. The molecule has 0 aromatic heterocycles. The third kappa shape index (κ3) is 4.00. The summed E-state index contributed by atoms with van der Waals surface area (Å²) in [6, 6.07) is 5.61. The van der Waals surface area contributed by atoms with Gasteiger partial charge in [0.25, 0.3) is 0 Å². The number of rotatable bonds is 6. The Morgan fingerprint density at radius 1 is 1.39 bits per heavy atom. The van der Waals surface area contributed by atoms with Crippen molar-refractivity contribution >= 4 is 5.91 Å². The van der Waals surface area contributed by atoms with Crippen molar-refractivity contribution in [2.75, 3.05) is 26.2 Å². The van der Waals surface area contributed by atoms with E-state index in [1.807, 2.05) is 0 Å². The zero-order valence-corrected chi connectivity index (χ0v) is 13.1. The van der Waals surface area contributed by atoms with Gasteiger partial charge in [-0.1, -0.05) is 0 Å². The van der Waals surface area contributed by atoms with E-state index < -0.39 is 6.10 Å². The summed E-state index contributed by atoms with van der Waals surface area (Å²) in [5, 5.41) is 16.0. The van der Waals surface area contributed by atoms with E-state index in [2.05, 4.69) is 10.6 Å². The van der Waals surface area contributed by atoms with Crippen LogP contribution in [0.3, 0.4) is 0 Å². The summed E-state index contributed by atoms with van der Waals surface area (Å²) in [6.07, 6.45) is 2.29. The van der Waals surface area contributed by atoms with Crippen LogP contribution < -0.4 is 15.4 Å². The Balaban J connectivity index is 1.36. The van der Waals surface area contributed by atoms with Crippen molar-refractivity contribution in [1.82, 2.24) is 10.6 Å². The first-order chi connectivity index (χ1) is 11.1. The Kier molecular flexibility index (Phi) is 4.82. The SMILES string of the molecule is O=C(NCC(O)COc1ccc(F)cc1)C1CC12CCNCC2. The molecule has 2 fully saturated rings. The maximum Gasteiger partial charge on any atom is 0.223 e. The van der Waals surface area contributed by atoms with Gasteiger partial charge in [-0.3, -0.25) is 4.79 Å². The van der Waals surface area contributed by atoms with Gasteiger partial charge in [-0.05, 0) is 62.0 Å². The highest BCUT2D eigenvalue weighted by atomic mass is 19.1. The van der Waals surface area contributed by atoms with E-state index in [0.29, 0.717) is 5.75 Å². The number of hydrogen-bond acceptors (Lipinski definition) is 4. The lowest BCUT2D eigenvalue weighted by Gasteiger charge is -2.23. The number of carbonyl (C=O) groups excluding carboxylic acids is 1. The molecule has 126 valence electrons. The number of piperidine rings is 1. The first kappa shape index (κ1) is 16.2. The molecule has 2 aliphatic rings. The third-order valence-corrected chi connectivity index (χ3v) is 4.87. The van der Waals surface area contributed by atoms with Crippen LogP contribution in [-0.4, -0.2) is 43.4 Å². The zero-order valence-electron chi connectivity index (χ0n) is 13.1. The molecule has 2 atom stereocenters. The number of aliphatic hydroxyl groups is 1. The first-order valence-corrected chi connectivity index (χ1v) is 8.14. The first-order valence-electron chi connectivity index (χ1n) is 8.14. The second-order valence-corrected chi connectivity index (χ2v) is 6.53. The van der Waals surface area contributed by atoms with Crippen molar-refractivity contribution in [1.29, 1.82) is 0 Å². The summed E-state index contributed by atoms with van der Waals surface area (Å²) >= 11 is 0. The minimum Gasteiger partial charge on any atom is -0.491 e. The predicted molar refractivity (Wildman–Crippen MR) is 83.6 cm³/mol. The molecule has 1 aromatic rings. The molecule has 1 saturated carbocycles. The van der Waals surface area contributed by atoms with Crippen LogP contribution in [0.1, 0.15) is 19.3 Å². The molecule has 23 heavy (non-hydrogen) atoms. The van der Waals surface area contributed by atoms with Crippen LogP contribution >= 0.6 is 0 Å². The van der Waals surface area contributed by atoms with Crippen LogP contribution in [0.4, 0.5) is 4.39 Å². The van der Waals surface area contributed by atoms with Gasteiger partial charge >= 0.3 is 0 Å². The Hall–Kier alpha value is -1.66. The number of hydrogen-bond donors (Lipinski definition) is 3. The fourth-order valence-corrected chi connectivity index (χ4v) is 3.32. The number of halogens is 1. The molecular weight excluding hydrogens is 299 g/mol. The topological polar surface area (TPSA) is 70.6 Å². The molecule has 1 amide bonds. The molecule has 1 heterocycles. The van der Waals surface area contributed by atoms with Crippen LogP contribution in [0, 0.1) is 17.2 Å². The standard InChI is InChI=1S/C17H23FN2O3/c18-12-1-3-14(4-2-12)23-11-13(21)10-20-16(22)15-9-17(15)5-7-19-8-6-17/h1-4,13,15,19,21H,5-11H2,(H,20,22). The van der Waals surface area contributed by atoms with Gasteiger partial charge in [-0.15, -0.1) is 0 Å². The summed E-state index contributed by atoms with van der Waals surface area (Å²) in [4.78, 5) is 12.2. The fraction of sp³-hybridized carbons (Fsp3) is 0.588. The molecule has 1 aliphatic carbocycles. The normalized spacial score (nSPS) is 23.3. The molecule has 2 unspecified atom stereocenters. The molecule has 5 nitrogen and oxygen atoms in total. The van der Waals surface area contributed by atoms with E-state index in [9.17, 15) is 14.3 Å². The van der Waals surface area contributed by atoms with Gasteiger partial charge in [0.2, 0.25) is 5.91 Å². The monoisotopic (exact) mass is 322 g/mol. The zero-order chi connectivity index (χ0) is 16.3. The summed E-state index contributed by atoms with van der Waals surface area (Å²) in [5.74, 6) is 0.289. The Bertz CT molecular complexity index is 543. The average Bonchev–Trinajstić information content (AvgIpc) is 3.26. The highest BCUT2D eigenvalue weighted by molar-refractivity contribution is 5.82. The molecule has 3 rings (SSSR count). The van der Waals surface area contributed by atoms with Gasteiger partial charge in [-0.2, -0.15) is 0 Å². The maximum absolute atomic E-state index is 12.8. The second kappa shape index (κ2) is 6.84. The van der Waals surface area contributed by atoms with Gasteiger partial charge in [0.05, 0.1) is 0 Å². The average molecular weight is 322 g/mol. The van der Waals surface area contributed by atoms with Crippen LogP contribution in [0.15, 0.2) is 24.3 Å². The predicted octanol–water partition coefficient (Wildman–Crippen LogP) is 1.07. The Morgan fingerprint density at radius 2 is 2.09 bits per heavy atom. The largest absolute Gasteiger partial charge is 0.491 e. The lowest BCUT2D eigenvalue weighted by molar-refractivity contribution is -0.123. The summed E-state index contributed by atoms with van der Waals surface area (Å²) in [7, 11) is 0. The van der Waals surface area contributed by atoms with Crippen molar-refractivity contribution in [2.45, 2.75) is 25.4 Å². The highest BCUT2D eigenvalue weighted by Gasteiger charge is 2.57. The van der Waals surface area contributed by atoms with E-state index >= 15 is 0 Å². The van der Waals surface area contributed by atoms with Crippen LogP contribution in [0.5, 0.6) is 5.75 Å². The minimum absolute atomic E-state index is 0.0349. The van der Waals surface area contributed by atoms with Gasteiger partial charge < -0.3 is 20.5 Å². The third-order valence-electron chi connectivity index (χ3n) is 4.87. The Labute approximate surface area is 135 Å². The smallest absolute Gasteiger partial charge is 0.223 e. The van der Waals surface area contributed by atoms with Crippen molar-refractivity contribution in [3.63, 3.8) is 0 Å². The summed E-state index contributed by atoms with van der Waals surface area (Å²) in [6.45, 7) is 2.20. The van der Waals surface area contributed by atoms with Crippen LogP contribution in [0.2, 0.25) is 0 Å². The summed E-state index contributed by atoms with van der Waals surface area (Å²) in [5.41, 5.74) is 0.199. The molecule has 6 heteroatoms. The van der Waals surface area contributed by atoms with Gasteiger partial charge in [0, 0.05) is 12.5 Å². The van der Waals surface area contributed by atoms with Crippen LogP contribution in [-0.2, 0) is 4.79 Å². The van der Waals surface area contributed by atoms with E-state index in [-0.39, 0.29) is 36.2 Å². The van der Waals surface area contributed by atoms with Gasteiger partial charge in [-0.25, -0.2) is 4.39 Å². The lowest BCUT2D eigenvalue weighted by atomic mass is 9.92. The molecule has 3 N–H and O–H groups in total. The van der Waals surface area contributed by atoms with E-state index in [4.69, 9.17) is 4.74 Å². The second-order valence-electron chi connectivity index (χ2n) is 6.53. The van der Waals surface area contributed by atoms with Gasteiger partial charge in [0.1, 0.15) is 24.3 Å². The molecule has 1 aromatic carbocycles. The lowest BCUT2D eigenvalue weighted by Crippen LogP contribution is -2.38. The molecule has 0 bridgehead atoms. The van der Waals surface area contributed by atoms with Crippen LogP contribution in [0.25, 0.3) is 0 Å². The number of aliphatic hydroxyl groups excluding tert-OH is 1. The minimum atomic E-state index is -0.785. The van der Waals surface area contributed by atoms with E-state index in [0.717, 1.165) is 32.4 Å². The molecule has 1 spiro atoms. The fourth-order valence-electron chi connectivity index (χ4n) is 3.32. The number of benzene rings is 1. The summed E-state index contributed by atoms with van der Waals surface area (Å²) < 4.78 is 18.1. The van der Waals surface area contributed by atoms with Crippen molar-refractivity contribution in [3.05, 3.63) is 30.1 Å². The number of amides is 1. The number of carbonyl (C=O) groups is 1.